The first-order valence-electron chi connectivity index (χ1n) is 12.8. The van der Waals surface area contributed by atoms with E-state index in [2.05, 4.69) is 47.8 Å². The molecule has 0 radical (unpaired) electrons. The van der Waals surface area contributed by atoms with Gasteiger partial charge in [-0.1, -0.05) is 25.2 Å². The van der Waals surface area contributed by atoms with Gasteiger partial charge in [0.15, 0.2) is 11.4 Å². The molecule has 5 rings (SSSR count). The molecule has 0 aromatic carbocycles. The first-order valence-corrected chi connectivity index (χ1v) is 13.6. The van der Waals surface area contributed by atoms with E-state index in [1.165, 1.54) is 6.33 Å². The quantitative estimate of drug-likeness (QED) is 0.383. The van der Waals surface area contributed by atoms with Crippen molar-refractivity contribution in [1.29, 1.82) is 0 Å². The number of rotatable bonds is 7. The van der Waals surface area contributed by atoms with Gasteiger partial charge in [0, 0.05) is 43.0 Å². The first-order chi connectivity index (χ1) is 18.2. The van der Waals surface area contributed by atoms with Crippen molar-refractivity contribution in [3.63, 3.8) is 0 Å². The topological polar surface area (TPSA) is 108 Å². The number of likely N-dealkylation sites (N-methyl/N-ethyl adjacent to an activating group) is 1. The molecule has 0 saturated carbocycles. The molecule has 4 aromatic heterocycles. The number of anilines is 1. The van der Waals surface area contributed by atoms with Gasteiger partial charge in [-0.25, -0.2) is 14.5 Å². The lowest BCUT2D eigenvalue weighted by Gasteiger charge is -2.41. The molecule has 1 unspecified atom stereocenters. The minimum atomic E-state index is 0.176. The number of hydrogen-bond donors (Lipinski definition) is 1. The summed E-state index contributed by atoms with van der Waals surface area (Å²) in [5.74, 6) is 1.02. The van der Waals surface area contributed by atoms with E-state index in [4.69, 9.17) is 14.8 Å². The van der Waals surface area contributed by atoms with Crippen LogP contribution >= 0.6 is 11.3 Å². The van der Waals surface area contributed by atoms with Crippen molar-refractivity contribution in [2.75, 3.05) is 52.3 Å². The minimum absolute atomic E-state index is 0.176. The lowest BCUT2D eigenvalue weighted by molar-refractivity contribution is -0.132. The number of methoxy groups -OCH3 is 1. The maximum Gasteiger partial charge on any atom is 0.236 e. The second kappa shape index (κ2) is 10.3. The monoisotopic (exact) mass is 537 g/mol. The summed E-state index contributed by atoms with van der Waals surface area (Å²) >= 11 is 1.67. The summed E-state index contributed by atoms with van der Waals surface area (Å²) in [5, 5.41) is 14.4. The SMILES string of the molecule is COc1cc(-c2n[nH]c(-c3nc(C)c(N4CCN(C(=O)CN(C)C)CC4C)s3)c2C(C)C)cn2ncnc12. The van der Waals surface area contributed by atoms with Gasteiger partial charge in [-0.05, 0) is 39.9 Å². The Balaban J connectivity index is 1.46. The summed E-state index contributed by atoms with van der Waals surface area (Å²) in [4.78, 5) is 28.1. The molecular weight excluding hydrogens is 502 g/mol. The number of hydrogen-bond acceptors (Lipinski definition) is 9. The number of fused-ring (bicyclic) bond motifs is 1. The predicted octanol–water partition coefficient (Wildman–Crippen LogP) is 3.28. The first kappa shape index (κ1) is 26.1. The number of H-pyrrole nitrogens is 1. The highest BCUT2D eigenvalue weighted by molar-refractivity contribution is 7.19. The van der Waals surface area contributed by atoms with Crippen LogP contribution in [0, 0.1) is 6.92 Å². The van der Waals surface area contributed by atoms with E-state index in [-0.39, 0.29) is 17.9 Å². The van der Waals surface area contributed by atoms with Crippen LogP contribution in [0.3, 0.4) is 0 Å². The average Bonchev–Trinajstić information content (AvgIpc) is 3.60. The fraction of sp³-hybridized carbons (Fsp3) is 0.500. The fourth-order valence-electron chi connectivity index (χ4n) is 5.09. The van der Waals surface area contributed by atoms with Crippen LogP contribution in [0.2, 0.25) is 0 Å². The molecule has 1 aliphatic rings. The third kappa shape index (κ3) is 4.73. The van der Waals surface area contributed by atoms with E-state index in [9.17, 15) is 4.79 Å². The molecule has 12 heteroatoms. The fourth-order valence-corrected chi connectivity index (χ4v) is 6.29. The van der Waals surface area contributed by atoms with Gasteiger partial charge in [0.1, 0.15) is 16.3 Å². The van der Waals surface area contributed by atoms with Crippen molar-refractivity contribution in [2.45, 2.75) is 39.7 Å². The smallest absolute Gasteiger partial charge is 0.236 e. The van der Waals surface area contributed by atoms with Crippen molar-refractivity contribution in [1.82, 2.24) is 39.6 Å². The third-order valence-corrected chi connectivity index (χ3v) is 8.11. The zero-order chi connectivity index (χ0) is 27.1. The maximum absolute atomic E-state index is 12.6. The number of aromatic nitrogens is 6. The Kier molecular flexibility index (Phi) is 7.10. The number of aromatic amines is 1. The molecule has 1 saturated heterocycles. The number of ether oxygens (including phenoxy) is 1. The van der Waals surface area contributed by atoms with E-state index in [0.717, 1.165) is 44.8 Å². The molecule has 11 nitrogen and oxygen atoms in total. The van der Waals surface area contributed by atoms with Gasteiger partial charge >= 0.3 is 0 Å². The Morgan fingerprint density at radius 1 is 1.32 bits per heavy atom. The van der Waals surface area contributed by atoms with E-state index >= 15 is 0 Å². The summed E-state index contributed by atoms with van der Waals surface area (Å²) in [6, 6.07) is 2.15. The van der Waals surface area contributed by atoms with Crippen molar-refractivity contribution in [3.8, 4) is 27.7 Å². The summed E-state index contributed by atoms with van der Waals surface area (Å²) in [7, 11) is 5.48. The largest absolute Gasteiger partial charge is 0.493 e. The van der Waals surface area contributed by atoms with Gasteiger partial charge in [0.2, 0.25) is 5.91 Å². The molecular formula is C26H35N9O2S. The number of aryl methyl sites for hydroxylation is 1. The Hall–Kier alpha value is -3.51. The maximum atomic E-state index is 12.6. The number of nitrogens with one attached hydrogen (secondary N) is 1. The molecule has 38 heavy (non-hydrogen) atoms. The minimum Gasteiger partial charge on any atom is -0.493 e. The van der Waals surface area contributed by atoms with Crippen LogP contribution in [-0.2, 0) is 4.79 Å². The van der Waals surface area contributed by atoms with Gasteiger partial charge in [-0.3, -0.25) is 9.89 Å². The zero-order valence-corrected chi connectivity index (χ0v) is 23.8. The van der Waals surface area contributed by atoms with Crippen molar-refractivity contribution < 1.29 is 9.53 Å². The second-order valence-corrected chi connectivity index (χ2v) is 11.3. The second-order valence-electron chi connectivity index (χ2n) is 10.4. The van der Waals surface area contributed by atoms with Crippen LogP contribution < -0.4 is 9.64 Å². The zero-order valence-electron chi connectivity index (χ0n) is 23.0. The lowest BCUT2D eigenvalue weighted by Crippen LogP contribution is -2.55. The van der Waals surface area contributed by atoms with E-state index in [1.54, 1.807) is 23.0 Å². The third-order valence-electron chi connectivity index (χ3n) is 6.89. The highest BCUT2D eigenvalue weighted by atomic mass is 32.1. The molecule has 0 bridgehead atoms. The van der Waals surface area contributed by atoms with Gasteiger partial charge in [0.25, 0.3) is 0 Å². The van der Waals surface area contributed by atoms with Crippen LogP contribution in [0.4, 0.5) is 5.00 Å². The highest BCUT2D eigenvalue weighted by Gasteiger charge is 2.30. The van der Waals surface area contributed by atoms with Crippen molar-refractivity contribution in [3.05, 3.63) is 29.8 Å². The number of amides is 1. The van der Waals surface area contributed by atoms with E-state index in [1.807, 2.05) is 36.2 Å². The summed E-state index contributed by atoms with van der Waals surface area (Å²) < 4.78 is 7.28. The molecule has 1 aliphatic heterocycles. The molecule has 4 aromatic rings. The van der Waals surface area contributed by atoms with E-state index < -0.39 is 0 Å². The van der Waals surface area contributed by atoms with Crippen LogP contribution in [0.1, 0.15) is 37.9 Å². The standard InChI is InChI=1S/C26H35N9O2S/c1-15(2)21-22(18-10-19(37-7)24-27-14-28-35(24)12-18)30-31-23(21)25-29-17(4)26(38-25)34-9-8-33(11-16(34)3)20(36)13-32(5)6/h10,12,14-16H,8-9,11,13H2,1-7H3,(H,30,31). The van der Waals surface area contributed by atoms with Crippen molar-refractivity contribution >= 4 is 27.9 Å². The Bertz CT molecular complexity index is 1450. The van der Waals surface area contributed by atoms with Gasteiger partial charge in [-0.15, -0.1) is 0 Å². The van der Waals surface area contributed by atoms with Crippen LogP contribution in [0.15, 0.2) is 18.6 Å². The summed E-state index contributed by atoms with van der Waals surface area (Å²) in [5.41, 5.74) is 5.42. The molecule has 1 amide bonds. The molecule has 0 spiro atoms. The molecule has 5 heterocycles. The van der Waals surface area contributed by atoms with E-state index in [0.29, 0.717) is 31.0 Å². The van der Waals surface area contributed by atoms with Gasteiger partial charge in [-0.2, -0.15) is 10.2 Å². The number of carbonyl (C=O) groups is 1. The number of thiazole rings is 1. The van der Waals surface area contributed by atoms with Crippen LogP contribution in [-0.4, -0.2) is 98.9 Å². The molecule has 1 N–H and O–H groups in total. The number of piperazine rings is 1. The summed E-state index contributed by atoms with van der Waals surface area (Å²) in [6.07, 6.45) is 3.44. The predicted molar refractivity (Wildman–Crippen MR) is 149 cm³/mol. The number of pyridine rings is 1. The summed E-state index contributed by atoms with van der Waals surface area (Å²) in [6.45, 7) is 11.2. The van der Waals surface area contributed by atoms with Crippen LogP contribution in [0.5, 0.6) is 5.75 Å². The highest BCUT2D eigenvalue weighted by Crippen LogP contribution is 2.41. The average molecular weight is 538 g/mol. The Morgan fingerprint density at radius 2 is 2.11 bits per heavy atom. The molecule has 1 fully saturated rings. The molecule has 1 atom stereocenters. The van der Waals surface area contributed by atoms with Crippen LogP contribution in [0.25, 0.3) is 27.6 Å². The van der Waals surface area contributed by atoms with Gasteiger partial charge < -0.3 is 19.4 Å². The van der Waals surface area contributed by atoms with Gasteiger partial charge in [0.05, 0.1) is 30.7 Å². The lowest BCUT2D eigenvalue weighted by atomic mass is 9.97. The number of carbonyl (C=O) groups excluding carboxylic acids is 1. The molecule has 0 aliphatic carbocycles. The number of nitrogens with zero attached hydrogens (tertiary/aromatic N) is 8. The Morgan fingerprint density at radius 3 is 2.79 bits per heavy atom. The Labute approximate surface area is 226 Å². The molecule has 202 valence electrons. The van der Waals surface area contributed by atoms with Crippen molar-refractivity contribution in [2.24, 2.45) is 0 Å². The normalized spacial score (nSPS) is 16.3.